The van der Waals surface area contributed by atoms with Gasteiger partial charge in [0.05, 0.1) is 12.8 Å². The minimum absolute atomic E-state index is 0.610. The second-order valence-corrected chi connectivity index (χ2v) is 6.43. The van der Waals surface area contributed by atoms with Gasteiger partial charge in [0, 0.05) is 12.6 Å². The first-order chi connectivity index (χ1) is 10.2. The summed E-state index contributed by atoms with van der Waals surface area (Å²) in [5.41, 5.74) is 6.97. The maximum absolute atomic E-state index is 5.75. The second kappa shape index (κ2) is 7.69. The van der Waals surface area contributed by atoms with Crippen molar-refractivity contribution >= 4 is 5.69 Å². The first-order valence-electron chi connectivity index (χ1n) is 8.27. The Morgan fingerprint density at radius 1 is 1.19 bits per heavy atom. The van der Waals surface area contributed by atoms with E-state index in [1.54, 1.807) is 7.11 Å². The highest BCUT2D eigenvalue weighted by Crippen LogP contribution is 2.37. The van der Waals surface area contributed by atoms with Crippen molar-refractivity contribution in [2.45, 2.75) is 45.6 Å². The van der Waals surface area contributed by atoms with Crippen LogP contribution in [0.15, 0.2) is 24.3 Å². The molecule has 1 aliphatic carbocycles. The van der Waals surface area contributed by atoms with Crippen molar-refractivity contribution in [1.29, 1.82) is 0 Å². The number of hydrogen-bond donors (Lipinski definition) is 1. The summed E-state index contributed by atoms with van der Waals surface area (Å²) in [7, 11) is 1.76. The van der Waals surface area contributed by atoms with E-state index in [1.807, 2.05) is 6.07 Å². The number of anilines is 1. The highest BCUT2D eigenvalue weighted by atomic mass is 16.5. The Morgan fingerprint density at radius 2 is 1.95 bits per heavy atom. The first kappa shape index (κ1) is 16.2. The average molecular weight is 290 g/mol. The van der Waals surface area contributed by atoms with Gasteiger partial charge in [-0.25, -0.2) is 0 Å². The first-order valence-corrected chi connectivity index (χ1v) is 8.27. The second-order valence-electron chi connectivity index (χ2n) is 6.43. The van der Waals surface area contributed by atoms with Gasteiger partial charge in [0.25, 0.3) is 0 Å². The summed E-state index contributed by atoms with van der Waals surface area (Å²) in [5, 5.41) is 0. The third-order valence-electron chi connectivity index (χ3n) is 5.01. The minimum Gasteiger partial charge on any atom is -0.495 e. The molecule has 2 N–H and O–H groups in total. The lowest BCUT2D eigenvalue weighted by molar-refractivity contribution is 0.243. The Morgan fingerprint density at radius 3 is 2.62 bits per heavy atom. The lowest BCUT2D eigenvalue weighted by atomic mass is 9.78. The predicted octanol–water partition coefficient (Wildman–Crippen LogP) is 3.68. The molecule has 3 atom stereocenters. The number of benzene rings is 1. The monoisotopic (exact) mass is 290 g/mol. The summed E-state index contributed by atoms with van der Waals surface area (Å²) in [6, 6.07) is 8.98. The van der Waals surface area contributed by atoms with Crippen LogP contribution in [0, 0.1) is 11.8 Å². The van der Waals surface area contributed by atoms with Crippen molar-refractivity contribution < 1.29 is 4.74 Å². The smallest absolute Gasteiger partial charge is 0.142 e. The van der Waals surface area contributed by atoms with E-state index in [0.717, 1.165) is 37.1 Å². The van der Waals surface area contributed by atoms with Crippen molar-refractivity contribution in [3.63, 3.8) is 0 Å². The van der Waals surface area contributed by atoms with Gasteiger partial charge in [0.2, 0.25) is 0 Å². The van der Waals surface area contributed by atoms with Crippen LogP contribution in [0.5, 0.6) is 5.75 Å². The molecule has 0 heterocycles. The zero-order chi connectivity index (χ0) is 15.2. The minimum atomic E-state index is 0.610. The molecule has 0 radical (unpaired) electrons. The molecule has 1 aromatic rings. The zero-order valence-corrected chi connectivity index (χ0v) is 13.7. The van der Waals surface area contributed by atoms with Crippen molar-refractivity contribution in [3.8, 4) is 5.75 Å². The molecule has 1 saturated carbocycles. The molecular weight excluding hydrogens is 260 g/mol. The third-order valence-corrected chi connectivity index (χ3v) is 5.01. The molecule has 0 saturated heterocycles. The summed E-state index contributed by atoms with van der Waals surface area (Å²) < 4.78 is 5.57. The molecule has 0 aliphatic heterocycles. The summed E-state index contributed by atoms with van der Waals surface area (Å²) in [4.78, 5) is 2.54. The van der Waals surface area contributed by atoms with E-state index in [4.69, 9.17) is 10.5 Å². The summed E-state index contributed by atoms with van der Waals surface area (Å²) in [6.07, 6.45) is 4.89. The molecule has 3 unspecified atom stereocenters. The van der Waals surface area contributed by atoms with Crippen LogP contribution in [-0.2, 0) is 0 Å². The van der Waals surface area contributed by atoms with Crippen LogP contribution in [0.4, 0.5) is 5.69 Å². The van der Waals surface area contributed by atoms with Crippen molar-refractivity contribution in [1.82, 2.24) is 0 Å². The van der Waals surface area contributed by atoms with E-state index in [2.05, 4.69) is 36.9 Å². The van der Waals surface area contributed by atoms with Crippen molar-refractivity contribution in [2.24, 2.45) is 17.6 Å². The average Bonchev–Trinajstić information content (AvgIpc) is 2.51. The van der Waals surface area contributed by atoms with Crippen molar-refractivity contribution in [3.05, 3.63) is 24.3 Å². The summed E-state index contributed by atoms with van der Waals surface area (Å²) >= 11 is 0. The van der Waals surface area contributed by atoms with Crippen LogP contribution in [0.1, 0.15) is 39.5 Å². The van der Waals surface area contributed by atoms with Crippen LogP contribution in [-0.4, -0.2) is 26.2 Å². The van der Waals surface area contributed by atoms with Crippen LogP contribution in [0.25, 0.3) is 0 Å². The molecule has 0 aromatic heterocycles. The van der Waals surface area contributed by atoms with E-state index >= 15 is 0 Å². The third kappa shape index (κ3) is 3.91. The number of nitrogens with two attached hydrogens (primary N) is 1. The number of methoxy groups -OCH3 is 1. The molecule has 3 nitrogen and oxygen atoms in total. The van der Waals surface area contributed by atoms with Gasteiger partial charge in [-0.3, -0.25) is 0 Å². The molecule has 0 amide bonds. The van der Waals surface area contributed by atoms with Crippen LogP contribution in [0.3, 0.4) is 0 Å². The normalized spacial score (nSPS) is 25.6. The van der Waals surface area contributed by atoms with Gasteiger partial charge in [-0.2, -0.15) is 0 Å². The van der Waals surface area contributed by atoms with E-state index in [1.165, 1.54) is 24.9 Å². The molecule has 1 aliphatic rings. The summed E-state index contributed by atoms with van der Waals surface area (Å²) in [5.74, 6) is 2.61. The zero-order valence-electron chi connectivity index (χ0n) is 13.7. The standard InChI is InChI=1S/C18H30N2O/c1-14-9-10-16(13-15(14)2)20(12-6-11-19)17-7-4-5-8-18(17)21-3/h4-5,7-8,14-16H,6,9-13,19H2,1-3H3. The maximum atomic E-state index is 5.75. The Balaban J connectivity index is 2.21. The number of ether oxygens (including phenoxy) is 1. The van der Waals surface area contributed by atoms with Crippen LogP contribution >= 0.6 is 0 Å². The van der Waals surface area contributed by atoms with Crippen LogP contribution in [0.2, 0.25) is 0 Å². The Kier molecular flexibility index (Phi) is 5.92. The number of hydrogen-bond acceptors (Lipinski definition) is 3. The Labute approximate surface area is 129 Å². The van der Waals surface area contributed by atoms with Gasteiger partial charge in [-0.1, -0.05) is 26.0 Å². The Hall–Kier alpha value is -1.22. The van der Waals surface area contributed by atoms with Gasteiger partial charge >= 0.3 is 0 Å². The molecule has 1 fully saturated rings. The lowest BCUT2D eigenvalue weighted by Crippen LogP contribution is -2.41. The molecule has 118 valence electrons. The van der Waals surface area contributed by atoms with Gasteiger partial charge in [0.1, 0.15) is 5.75 Å². The van der Waals surface area contributed by atoms with E-state index < -0.39 is 0 Å². The predicted molar refractivity (Wildman–Crippen MR) is 90.0 cm³/mol. The van der Waals surface area contributed by atoms with Gasteiger partial charge in [-0.05, 0) is 56.2 Å². The fourth-order valence-corrected chi connectivity index (χ4v) is 3.43. The molecule has 21 heavy (non-hydrogen) atoms. The van der Waals surface area contributed by atoms with Crippen LogP contribution < -0.4 is 15.4 Å². The molecule has 1 aromatic carbocycles. The molecular formula is C18H30N2O. The molecule has 0 bridgehead atoms. The van der Waals surface area contributed by atoms with Gasteiger partial charge < -0.3 is 15.4 Å². The van der Waals surface area contributed by atoms with Crippen molar-refractivity contribution in [2.75, 3.05) is 25.1 Å². The fraction of sp³-hybridized carbons (Fsp3) is 0.667. The number of para-hydroxylation sites is 2. The Bertz CT molecular complexity index is 435. The number of nitrogens with zero attached hydrogens (tertiary/aromatic N) is 1. The SMILES string of the molecule is COc1ccccc1N(CCCN)C1CCC(C)C(C)C1. The fourth-order valence-electron chi connectivity index (χ4n) is 3.43. The van der Waals surface area contributed by atoms with Gasteiger partial charge in [0.15, 0.2) is 0 Å². The van der Waals surface area contributed by atoms with E-state index in [-0.39, 0.29) is 0 Å². The highest BCUT2D eigenvalue weighted by Gasteiger charge is 2.29. The largest absolute Gasteiger partial charge is 0.495 e. The number of rotatable bonds is 6. The lowest BCUT2D eigenvalue weighted by Gasteiger charge is -2.41. The quantitative estimate of drug-likeness (QED) is 0.868. The molecule has 2 rings (SSSR count). The topological polar surface area (TPSA) is 38.5 Å². The maximum Gasteiger partial charge on any atom is 0.142 e. The highest BCUT2D eigenvalue weighted by molar-refractivity contribution is 5.59. The molecule has 0 spiro atoms. The van der Waals surface area contributed by atoms with Gasteiger partial charge in [-0.15, -0.1) is 0 Å². The van der Waals surface area contributed by atoms with E-state index in [0.29, 0.717) is 6.04 Å². The molecule has 3 heteroatoms. The van der Waals surface area contributed by atoms with E-state index in [9.17, 15) is 0 Å². The summed E-state index contributed by atoms with van der Waals surface area (Å²) in [6.45, 7) is 6.53.